The highest BCUT2D eigenvalue weighted by Gasteiger charge is 2.07. The van der Waals surface area contributed by atoms with Crippen molar-refractivity contribution in [2.24, 2.45) is 0 Å². The molecule has 0 fully saturated rings. The lowest BCUT2D eigenvalue weighted by Gasteiger charge is -2.05. The van der Waals surface area contributed by atoms with Gasteiger partial charge in [-0.25, -0.2) is 0 Å². The standard InChI is InChI=1S/C16H22Si/c1-14(2)10-11-15-8-6-7-9-16(15)12-13-17(3,4)5/h6-10H,11H2,1-5H3. The van der Waals surface area contributed by atoms with E-state index in [1.54, 1.807) is 0 Å². The van der Waals surface area contributed by atoms with E-state index in [1.807, 2.05) is 0 Å². The van der Waals surface area contributed by atoms with Gasteiger partial charge in [-0.15, -0.1) is 5.54 Å². The van der Waals surface area contributed by atoms with Gasteiger partial charge in [-0.3, -0.25) is 0 Å². The Hall–Kier alpha value is -1.26. The van der Waals surface area contributed by atoms with Gasteiger partial charge in [0.05, 0.1) is 0 Å². The number of allylic oxidation sites excluding steroid dienone is 2. The third kappa shape index (κ3) is 5.56. The summed E-state index contributed by atoms with van der Waals surface area (Å²) in [6.45, 7) is 11.1. The monoisotopic (exact) mass is 242 g/mol. The molecule has 0 N–H and O–H groups in total. The molecule has 0 amide bonds. The van der Waals surface area contributed by atoms with Gasteiger partial charge in [0, 0.05) is 5.56 Å². The van der Waals surface area contributed by atoms with Gasteiger partial charge >= 0.3 is 0 Å². The van der Waals surface area contributed by atoms with Crippen molar-refractivity contribution in [1.82, 2.24) is 0 Å². The molecular formula is C16H22Si. The second-order valence-corrected chi connectivity index (χ2v) is 10.4. The maximum absolute atomic E-state index is 3.43. The zero-order chi connectivity index (χ0) is 12.9. The second kappa shape index (κ2) is 5.89. The highest BCUT2D eigenvalue weighted by atomic mass is 28.3. The normalized spacial score (nSPS) is 10.4. The van der Waals surface area contributed by atoms with Crippen LogP contribution in [-0.2, 0) is 6.42 Å². The van der Waals surface area contributed by atoms with Crippen LogP contribution in [0.5, 0.6) is 0 Å². The van der Waals surface area contributed by atoms with Gasteiger partial charge in [-0.1, -0.05) is 55.4 Å². The summed E-state index contributed by atoms with van der Waals surface area (Å²) in [5.74, 6) is 3.36. The van der Waals surface area contributed by atoms with Crippen LogP contribution in [0, 0.1) is 11.5 Å². The molecule has 0 atom stereocenters. The van der Waals surface area contributed by atoms with Gasteiger partial charge in [0.2, 0.25) is 0 Å². The molecule has 17 heavy (non-hydrogen) atoms. The van der Waals surface area contributed by atoms with Crippen molar-refractivity contribution in [1.29, 1.82) is 0 Å². The SMILES string of the molecule is CC(C)=CCc1ccccc1C#C[Si](C)(C)C. The van der Waals surface area contributed by atoms with E-state index < -0.39 is 8.07 Å². The molecule has 0 radical (unpaired) electrons. The van der Waals surface area contributed by atoms with E-state index in [0.717, 1.165) is 6.42 Å². The number of hydrogen-bond acceptors (Lipinski definition) is 0. The van der Waals surface area contributed by atoms with Crippen LogP contribution in [0.25, 0.3) is 0 Å². The zero-order valence-corrected chi connectivity index (χ0v) is 12.6. The third-order valence-electron chi connectivity index (χ3n) is 2.32. The quantitative estimate of drug-likeness (QED) is 0.409. The van der Waals surface area contributed by atoms with Crippen molar-refractivity contribution >= 4 is 8.07 Å². The lowest BCUT2D eigenvalue weighted by molar-refractivity contribution is 1.20. The molecule has 0 spiro atoms. The lowest BCUT2D eigenvalue weighted by Crippen LogP contribution is -2.16. The predicted octanol–water partition coefficient (Wildman–Crippen LogP) is 4.42. The van der Waals surface area contributed by atoms with Crippen LogP contribution in [0.4, 0.5) is 0 Å². The van der Waals surface area contributed by atoms with Gasteiger partial charge in [-0.05, 0) is 31.9 Å². The van der Waals surface area contributed by atoms with Crippen molar-refractivity contribution in [3.63, 3.8) is 0 Å². The zero-order valence-electron chi connectivity index (χ0n) is 11.6. The summed E-state index contributed by atoms with van der Waals surface area (Å²) in [5, 5.41) is 0. The topological polar surface area (TPSA) is 0 Å². The summed E-state index contributed by atoms with van der Waals surface area (Å²) >= 11 is 0. The first-order chi connectivity index (χ1) is 7.88. The van der Waals surface area contributed by atoms with Crippen molar-refractivity contribution in [2.45, 2.75) is 39.9 Å². The fourth-order valence-corrected chi connectivity index (χ4v) is 1.90. The highest BCUT2D eigenvalue weighted by molar-refractivity contribution is 6.83. The van der Waals surface area contributed by atoms with Crippen molar-refractivity contribution in [3.05, 3.63) is 47.0 Å². The number of rotatable bonds is 2. The van der Waals surface area contributed by atoms with E-state index in [4.69, 9.17) is 0 Å². The van der Waals surface area contributed by atoms with Gasteiger partial charge in [-0.2, -0.15) is 0 Å². The van der Waals surface area contributed by atoms with E-state index in [1.165, 1.54) is 16.7 Å². The minimum Gasteiger partial charge on any atom is -0.127 e. The van der Waals surface area contributed by atoms with Gasteiger partial charge in [0.1, 0.15) is 8.07 Å². The molecule has 0 saturated heterocycles. The summed E-state index contributed by atoms with van der Waals surface area (Å²) in [6, 6.07) is 8.46. The Balaban J connectivity index is 2.99. The average Bonchev–Trinajstić information content (AvgIpc) is 2.23. The molecule has 1 aromatic carbocycles. The Morgan fingerprint density at radius 2 is 1.82 bits per heavy atom. The van der Waals surface area contributed by atoms with Crippen LogP contribution in [0.1, 0.15) is 25.0 Å². The summed E-state index contributed by atoms with van der Waals surface area (Å²) in [7, 11) is -1.28. The van der Waals surface area contributed by atoms with Crippen LogP contribution in [0.2, 0.25) is 19.6 Å². The molecule has 90 valence electrons. The minimum absolute atomic E-state index is 0.985. The smallest absolute Gasteiger partial charge is 0.127 e. The Bertz CT molecular complexity index is 460. The van der Waals surface area contributed by atoms with Crippen LogP contribution in [0.15, 0.2) is 35.9 Å². The highest BCUT2D eigenvalue weighted by Crippen LogP contribution is 2.10. The molecule has 0 heterocycles. The second-order valence-electron chi connectivity index (χ2n) is 5.64. The largest absolute Gasteiger partial charge is 0.129 e. The van der Waals surface area contributed by atoms with Gasteiger partial charge < -0.3 is 0 Å². The van der Waals surface area contributed by atoms with Gasteiger partial charge in [0.25, 0.3) is 0 Å². The molecule has 0 saturated carbocycles. The number of benzene rings is 1. The summed E-state index contributed by atoms with van der Waals surface area (Å²) in [6.07, 6.45) is 3.24. The van der Waals surface area contributed by atoms with E-state index in [0.29, 0.717) is 0 Å². The summed E-state index contributed by atoms with van der Waals surface area (Å²) in [5.41, 5.74) is 7.31. The molecule has 0 bridgehead atoms. The Morgan fingerprint density at radius 1 is 1.18 bits per heavy atom. The molecule has 0 aliphatic carbocycles. The molecule has 0 aliphatic heterocycles. The molecule has 0 nitrogen and oxygen atoms in total. The van der Waals surface area contributed by atoms with Crippen LogP contribution in [0.3, 0.4) is 0 Å². The summed E-state index contributed by atoms with van der Waals surface area (Å²) < 4.78 is 0. The molecular weight excluding hydrogens is 220 g/mol. The minimum atomic E-state index is -1.28. The van der Waals surface area contributed by atoms with Crippen LogP contribution in [-0.4, -0.2) is 8.07 Å². The van der Waals surface area contributed by atoms with Crippen molar-refractivity contribution in [2.75, 3.05) is 0 Å². The first-order valence-corrected chi connectivity index (χ1v) is 9.63. The molecule has 1 rings (SSSR count). The first kappa shape index (κ1) is 13.8. The fraction of sp³-hybridized carbons (Fsp3) is 0.375. The Morgan fingerprint density at radius 3 is 2.41 bits per heavy atom. The van der Waals surface area contributed by atoms with E-state index >= 15 is 0 Å². The van der Waals surface area contributed by atoms with Gasteiger partial charge in [0.15, 0.2) is 0 Å². The molecule has 0 unspecified atom stereocenters. The van der Waals surface area contributed by atoms with Crippen molar-refractivity contribution in [3.8, 4) is 11.5 Å². The van der Waals surface area contributed by atoms with E-state index in [2.05, 4.69) is 75.3 Å². The maximum atomic E-state index is 3.43. The molecule has 1 heteroatoms. The van der Waals surface area contributed by atoms with Crippen LogP contribution >= 0.6 is 0 Å². The predicted molar refractivity (Wildman–Crippen MR) is 79.8 cm³/mol. The molecule has 0 aliphatic rings. The number of hydrogen-bond donors (Lipinski definition) is 0. The molecule has 1 aromatic rings. The summed E-state index contributed by atoms with van der Waals surface area (Å²) in [4.78, 5) is 0. The average molecular weight is 242 g/mol. The Labute approximate surface area is 107 Å². The maximum Gasteiger partial charge on any atom is 0.129 e. The van der Waals surface area contributed by atoms with Crippen LogP contribution < -0.4 is 0 Å². The first-order valence-electron chi connectivity index (χ1n) is 6.13. The van der Waals surface area contributed by atoms with E-state index in [9.17, 15) is 0 Å². The Kier molecular flexibility index (Phi) is 4.78. The third-order valence-corrected chi connectivity index (χ3v) is 3.19. The molecule has 0 aromatic heterocycles. The van der Waals surface area contributed by atoms with Crippen molar-refractivity contribution < 1.29 is 0 Å². The lowest BCUT2D eigenvalue weighted by atomic mass is 10.0. The fourth-order valence-electron chi connectivity index (χ4n) is 1.39. The van der Waals surface area contributed by atoms with E-state index in [-0.39, 0.29) is 0 Å².